The van der Waals surface area contributed by atoms with Gasteiger partial charge < -0.3 is 20.8 Å². The number of nitrogens with zero attached hydrogens (tertiary/aromatic N) is 5. The van der Waals surface area contributed by atoms with Gasteiger partial charge in [-0.2, -0.15) is 10.2 Å². The summed E-state index contributed by atoms with van der Waals surface area (Å²) in [5.74, 6) is 0. The van der Waals surface area contributed by atoms with Gasteiger partial charge in [-0.05, 0) is 104 Å². The van der Waals surface area contributed by atoms with Crippen LogP contribution in [0.4, 0.5) is 16.2 Å². The van der Waals surface area contributed by atoms with Gasteiger partial charge in [0.1, 0.15) is 0 Å². The zero-order chi connectivity index (χ0) is 37.3. The van der Waals surface area contributed by atoms with E-state index in [0.717, 1.165) is 74.0 Å². The van der Waals surface area contributed by atoms with Crippen LogP contribution in [0.15, 0.2) is 122 Å². The Kier molecular flexibility index (Phi) is 10.7. The number of fused-ring (bicyclic) bond motifs is 2. The predicted octanol–water partition coefficient (Wildman–Crippen LogP) is 10.5. The quantitative estimate of drug-likeness (QED) is 0.129. The number of nitrogens with two attached hydrogens (primary N) is 1. The van der Waals surface area contributed by atoms with Crippen LogP contribution in [0.1, 0.15) is 45.7 Å². The Labute approximate surface area is 320 Å². The summed E-state index contributed by atoms with van der Waals surface area (Å²) in [5, 5.41) is 20.7. The van der Waals surface area contributed by atoms with E-state index < -0.39 is 11.6 Å². The van der Waals surface area contributed by atoms with Crippen molar-refractivity contribution in [3.8, 4) is 33.6 Å². The van der Waals surface area contributed by atoms with Crippen molar-refractivity contribution < 1.29 is 9.90 Å². The molecule has 8 rings (SSSR count). The second-order valence-corrected chi connectivity index (χ2v) is 14.1. The minimum atomic E-state index is -0.975. The lowest BCUT2D eigenvalue weighted by Crippen LogP contribution is -2.45. The molecule has 8 aromatic rings. The summed E-state index contributed by atoms with van der Waals surface area (Å²) in [7, 11) is 0. The van der Waals surface area contributed by atoms with Crippen molar-refractivity contribution in [2.45, 2.75) is 53.0 Å². The van der Waals surface area contributed by atoms with Gasteiger partial charge in [0, 0.05) is 63.3 Å². The molecule has 10 nitrogen and oxygen atoms in total. The number of carboxylic acid groups (broad SMARTS) is 1. The summed E-state index contributed by atoms with van der Waals surface area (Å²) in [6.45, 7) is 9.95. The van der Waals surface area contributed by atoms with Gasteiger partial charge in [0.05, 0.1) is 35.1 Å². The average molecular weight is 741 g/mol. The molecule has 0 aliphatic carbocycles. The standard InChI is InChI=1S/C24H26N4O2.C19H18N4.ClH/c1-5-16-6-9-19(10-7-16)27-15-18(13-26-27)17-8-11-21-20(12-17)22(14-25-21)28(23(29)30)24(2,3)4;1-2-13-3-6-16(7-4-13)23-12-15(10-22-23)14-5-8-19-17(9-14)18(20)11-21-19;/h6-15,25H,5H2,1-4H3,(H,29,30);3-12,21H,2,20H2,1H3;1H. The molecule has 0 saturated heterocycles. The van der Waals surface area contributed by atoms with Gasteiger partial charge in [-0.15, -0.1) is 12.4 Å². The van der Waals surface area contributed by atoms with Crippen molar-refractivity contribution in [3.05, 3.63) is 133 Å². The summed E-state index contributed by atoms with van der Waals surface area (Å²) >= 11 is 0. The molecule has 0 fully saturated rings. The average Bonchev–Trinajstić information content (AvgIpc) is 3.99. The maximum atomic E-state index is 11.9. The molecule has 0 saturated carbocycles. The lowest BCUT2D eigenvalue weighted by atomic mass is 10.0. The molecule has 276 valence electrons. The maximum absolute atomic E-state index is 11.9. The van der Waals surface area contributed by atoms with Gasteiger partial charge in [-0.1, -0.05) is 50.2 Å². The number of aromatic nitrogens is 6. The SMILES string of the molecule is CCc1ccc(-n2cc(-c3ccc4[nH]cc(N(C(=O)O)C(C)(C)C)c4c3)cn2)cc1.CCc1ccc(-n2cc(-c3ccc4[nH]cc(N)c4c3)cn2)cc1.Cl. The number of anilines is 2. The molecule has 4 aromatic heterocycles. The van der Waals surface area contributed by atoms with Crippen LogP contribution in [0.25, 0.3) is 55.4 Å². The molecule has 0 spiro atoms. The minimum Gasteiger partial charge on any atom is -0.465 e. The van der Waals surface area contributed by atoms with Crippen molar-refractivity contribution in [2.24, 2.45) is 0 Å². The normalized spacial score (nSPS) is 11.3. The highest BCUT2D eigenvalue weighted by Crippen LogP contribution is 2.35. The maximum Gasteiger partial charge on any atom is 0.412 e. The molecule has 0 atom stereocenters. The summed E-state index contributed by atoms with van der Waals surface area (Å²) in [6.07, 6.45) is 12.4. The van der Waals surface area contributed by atoms with Gasteiger partial charge in [-0.25, -0.2) is 14.2 Å². The fourth-order valence-corrected chi connectivity index (χ4v) is 6.54. The third-order valence-electron chi connectivity index (χ3n) is 9.53. The van der Waals surface area contributed by atoms with E-state index >= 15 is 0 Å². The van der Waals surface area contributed by atoms with Gasteiger partial charge in [0.15, 0.2) is 0 Å². The highest BCUT2D eigenvalue weighted by Gasteiger charge is 2.30. The second kappa shape index (κ2) is 15.4. The molecule has 5 N–H and O–H groups in total. The van der Waals surface area contributed by atoms with E-state index in [2.05, 4.69) is 101 Å². The Morgan fingerprint density at radius 3 is 1.63 bits per heavy atom. The summed E-state index contributed by atoms with van der Waals surface area (Å²) in [6, 6.07) is 29.1. The number of nitrogens with one attached hydrogen (secondary N) is 2. The van der Waals surface area contributed by atoms with E-state index in [-0.39, 0.29) is 12.4 Å². The molecule has 0 aliphatic rings. The fraction of sp³-hybridized carbons (Fsp3) is 0.186. The smallest absolute Gasteiger partial charge is 0.412 e. The number of benzene rings is 4. The van der Waals surface area contributed by atoms with E-state index in [1.165, 1.54) is 16.0 Å². The number of aryl methyl sites for hydroxylation is 2. The van der Waals surface area contributed by atoms with Gasteiger partial charge in [0.25, 0.3) is 0 Å². The first-order valence-corrected chi connectivity index (χ1v) is 17.8. The molecular formula is C43H45ClN8O2. The van der Waals surface area contributed by atoms with Crippen LogP contribution in [0.5, 0.6) is 0 Å². The molecule has 11 heteroatoms. The lowest BCUT2D eigenvalue weighted by Gasteiger charge is -2.32. The largest absolute Gasteiger partial charge is 0.465 e. The summed E-state index contributed by atoms with van der Waals surface area (Å²) in [5.41, 5.74) is 17.6. The number of hydrogen-bond donors (Lipinski definition) is 4. The molecule has 0 aliphatic heterocycles. The third kappa shape index (κ3) is 7.60. The molecule has 4 heterocycles. The third-order valence-corrected chi connectivity index (χ3v) is 9.53. The predicted molar refractivity (Wildman–Crippen MR) is 222 cm³/mol. The number of aromatic amines is 2. The highest BCUT2D eigenvalue weighted by molar-refractivity contribution is 6.02. The van der Waals surface area contributed by atoms with Crippen LogP contribution in [0, 0.1) is 0 Å². The Morgan fingerprint density at radius 1 is 0.704 bits per heavy atom. The van der Waals surface area contributed by atoms with Crippen molar-refractivity contribution >= 4 is 51.7 Å². The summed E-state index contributed by atoms with van der Waals surface area (Å²) < 4.78 is 3.76. The van der Waals surface area contributed by atoms with Crippen LogP contribution >= 0.6 is 12.4 Å². The Bertz CT molecular complexity index is 2520. The number of carbonyl (C=O) groups is 1. The van der Waals surface area contributed by atoms with Crippen molar-refractivity contribution in [3.63, 3.8) is 0 Å². The number of H-pyrrole nitrogens is 2. The molecule has 0 bridgehead atoms. The van der Waals surface area contributed by atoms with Crippen LogP contribution < -0.4 is 10.6 Å². The monoisotopic (exact) mass is 740 g/mol. The highest BCUT2D eigenvalue weighted by atomic mass is 35.5. The Balaban J connectivity index is 0.000000187. The van der Waals surface area contributed by atoms with E-state index in [9.17, 15) is 9.90 Å². The molecule has 4 aromatic carbocycles. The van der Waals surface area contributed by atoms with Gasteiger partial charge in [0.2, 0.25) is 0 Å². The minimum absolute atomic E-state index is 0. The number of amides is 1. The number of rotatable bonds is 7. The van der Waals surface area contributed by atoms with E-state index in [4.69, 9.17) is 5.73 Å². The second-order valence-electron chi connectivity index (χ2n) is 14.1. The molecular weight excluding hydrogens is 696 g/mol. The van der Waals surface area contributed by atoms with Crippen LogP contribution in [-0.4, -0.2) is 46.3 Å². The zero-order valence-corrected chi connectivity index (χ0v) is 31.9. The van der Waals surface area contributed by atoms with Gasteiger partial charge in [-0.3, -0.25) is 4.90 Å². The fourth-order valence-electron chi connectivity index (χ4n) is 6.54. The summed E-state index contributed by atoms with van der Waals surface area (Å²) in [4.78, 5) is 19.7. The van der Waals surface area contributed by atoms with Crippen molar-refractivity contribution in [1.82, 2.24) is 29.5 Å². The van der Waals surface area contributed by atoms with Crippen molar-refractivity contribution in [1.29, 1.82) is 0 Å². The van der Waals surface area contributed by atoms with Crippen molar-refractivity contribution in [2.75, 3.05) is 10.6 Å². The van der Waals surface area contributed by atoms with Gasteiger partial charge >= 0.3 is 6.09 Å². The van der Waals surface area contributed by atoms with Crippen LogP contribution in [0.3, 0.4) is 0 Å². The molecule has 54 heavy (non-hydrogen) atoms. The number of hydrogen-bond acceptors (Lipinski definition) is 4. The van der Waals surface area contributed by atoms with E-state index in [1.807, 2.05) is 79.3 Å². The molecule has 1 amide bonds. The van der Waals surface area contributed by atoms with Crippen LogP contribution in [0.2, 0.25) is 0 Å². The van der Waals surface area contributed by atoms with E-state index in [0.29, 0.717) is 5.69 Å². The first-order valence-electron chi connectivity index (χ1n) is 17.8. The Morgan fingerprint density at radius 2 is 1.17 bits per heavy atom. The number of halogens is 1. The zero-order valence-electron chi connectivity index (χ0n) is 31.0. The van der Waals surface area contributed by atoms with E-state index in [1.54, 1.807) is 6.20 Å². The topological polar surface area (TPSA) is 134 Å². The molecule has 0 unspecified atom stereocenters. The number of nitrogen functional groups attached to an aromatic ring is 1. The molecule has 0 radical (unpaired) electrons. The lowest BCUT2D eigenvalue weighted by molar-refractivity contribution is 0.196. The first kappa shape index (κ1) is 37.5. The van der Waals surface area contributed by atoms with Crippen LogP contribution in [-0.2, 0) is 12.8 Å². The Hall–Kier alpha value is -6.26. The first-order chi connectivity index (χ1) is 25.5.